The first kappa shape index (κ1) is 10.3. The average molecular weight is 198 g/mol. The summed E-state index contributed by atoms with van der Waals surface area (Å²) >= 11 is 0. The minimum Gasteiger partial charge on any atom is -0.263 e. The van der Waals surface area contributed by atoms with Gasteiger partial charge >= 0.3 is 0 Å². The second kappa shape index (κ2) is 5.09. The molecule has 0 saturated heterocycles. The van der Waals surface area contributed by atoms with Gasteiger partial charge in [0.2, 0.25) is 0 Å². The van der Waals surface area contributed by atoms with Crippen molar-refractivity contribution in [3.63, 3.8) is 0 Å². The minimum absolute atomic E-state index is 0.762. The molecule has 1 heterocycles. The monoisotopic (exact) mass is 198 g/mol. The lowest BCUT2D eigenvalue weighted by molar-refractivity contribution is 0.519. The van der Waals surface area contributed by atoms with Crippen LogP contribution in [0.2, 0.25) is 0 Å². The molecule has 3 nitrogen and oxygen atoms in total. The van der Waals surface area contributed by atoms with Crippen molar-refractivity contribution in [2.75, 3.05) is 13.6 Å². The first-order valence-electron chi connectivity index (χ1n) is 4.28. The summed E-state index contributed by atoms with van der Waals surface area (Å²) in [6, 6.07) is 3.63. The van der Waals surface area contributed by atoms with E-state index in [-0.39, 0.29) is 0 Å². The Balaban J connectivity index is 2.68. The van der Waals surface area contributed by atoms with Gasteiger partial charge in [-0.3, -0.25) is 4.98 Å². The normalized spacial score (nSPS) is 13.2. The number of nitrogens with zero attached hydrogens (tertiary/aromatic N) is 2. The molecule has 13 heavy (non-hydrogen) atoms. The van der Waals surface area contributed by atoms with Gasteiger partial charge in [-0.05, 0) is 18.6 Å². The number of hydrogen-bond donors (Lipinski definition) is 0. The van der Waals surface area contributed by atoms with Crippen molar-refractivity contribution in [3.8, 4) is 0 Å². The second-order valence-corrected chi connectivity index (χ2v) is 4.38. The Morgan fingerprint density at radius 1 is 1.62 bits per heavy atom. The Hall–Kier alpha value is -0.740. The Morgan fingerprint density at radius 2 is 2.38 bits per heavy atom. The van der Waals surface area contributed by atoms with E-state index >= 15 is 0 Å². The third-order valence-corrected chi connectivity index (χ3v) is 3.05. The quantitative estimate of drug-likeness (QED) is 0.733. The van der Waals surface area contributed by atoms with Gasteiger partial charge in [-0.25, -0.2) is 8.51 Å². The maximum atomic E-state index is 11.7. The smallest absolute Gasteiger partial charge is 0.128 e. The van der Waals surface area contributed by atoms with E-state index in [1.54, 1.807) is 18.5 Å². The van der Waals surface area contributed by atoms with Crippen LogP contribution in [0, 0.1) is 0 Å². The van der Waals surface area contributed by atoms with Crippen LogP contribution in [-0.2, 0) is 11.0 Å². The highest BCUT2D eigenvalue weighted by atomic mass is 32.2. The number of hydrogen-bond acceptors (Lipinski definition) is 2. The summed E-state index contributed by atoms with van der Waals surface area (Å²) in [5, 5.41) is 0. The molecule has 1 aromatic heterocycles. The summed E-state index contributed by atoms with van der Waals surface area (Å²) in [5.41, 5.74) is 0. The van der Waals surface area contributed by atoms with Gasteiger partial charge in [0.15, 0.2) is 0 Å². The molecule has 0 aliphatic carbocycles. The van der Waals surface area contributed by atoms with Crippen molar-refractivity contribution in [2.24, 2.45) is 0 Å². The van der Waals surface area contributed by atoms with Crippen LogP contribution in [0.5, 0.6) is 0 Å². The first-order chi connectivity index (χ1) is 6.25. The Kier molecular flexibility index (Phi) is 4.05. The number of rotatable bonds is 4. The maximum absolute atomic E-state index is 11.7. The number of aromatic nitrogens is 1. The van der Waals surface area contributed by atoms with Crippen LogP contribution in [0.25, 0.3) is 0 Å². The lowest BCUT2D eigenvalue weighted by Crippen LogP contribution is -2.21. The van der Waals surface area contributed by atoms with E-state index in [9.17, 15) is 4.21 Å². The summed E-state index contributed by atoms with van der Waals surface area (Å²) in [7, 11) is 0.797. The molecule has 0 aromatic carbocycles. The average Bonchev–Trinajstić information content (AvgIpc) is 2.18. The van der Waals surface area contributed by atoms with Gasteiger partial charge in [-0.1, -0.05) is 6.92 Å². The van der Waals surface area contributed by atoms with E-state index in [1.807, 2.05) is 17.4 Å². The van der Waals surface area contributed by atoms with Crippen LogP contribution >= 0.6 is 0 Å². The molecular weight excluding hydrogens is 184 g/mol. The molecule has 0 aliphatic rings. The largest absolute Gasteiger partial charge is 0.263 e. The first-order valence-corrected chi connectivity index (χ1v) is 5.39. The summed E-state index contributed by atoms with van der Waals surface area (Å²) in [6.45, 7) is 2.90. The zero-order chi connectivity index (χ0) is 9.68. The predicted molar refractivity (Wildman–Crippen MR) is 53.6 cm³/mol. The van der Waals surface area contributed by atoms with Crippen molar-refractivity contribution >= 4 is 11.0 Å². The van der Waals surface area contributed by atoms with Crippen molar-refractivity contribution in [1.82, 2.24) is 9.29 Å². The zero-order valence-electron chi connectivity index (χ0n) is 7.93. The lowest BCUT2D eigenvalue weighted by Gasteiger charge is -2.13. The molecule has 0 radical (unpaired) electrons. The highest BCUT2D eigenvalue weighted by molar-refractivity contribution is 7.82. The Morgan fingerprint density at radius 3 is 2.92 bits per heavy atom. The SMILES string of the molecule is CCCN(C)S(=O)c1cccnc1. The van der Waals surface area contributed by atoms with Crippen LogP contribution in [-0.4, -0.2) is 27.1 Å². The van der Waals surface area contributed by atoms with Gasteiger partial charge in [0, 0.05) is 26.0 Å². The summed E-state index contributed by atoms with van der Waals surface area (Å²) in [4.78, 5) is 4.69. The fourth-order valence-corrected chi connectivity index (χ4v) is 2.08. The third kappa shape index (κ3) is 2.90. The molecule has 1 aromatic rings. The van der Waals surface area contributed by atoms with Crippen LogP contribution in [0.4, 0.5) is 0 Å². The molecule has 1 rings (SSSR count). The van der Waals surface area contributed by atoms with Gasteiger partial charge < -0.3 is 0 Å². The number of pyridine rings is 1. The molecule has 0 spiro atoms. The van der Waals surface area contributed by atoms with Gasteiger partial charge in [-0.15, -0.1) is 0 Å². The van der Waals surface area contributed by atoms with Gasteiger partial charge in [0.05, 0.1) is 4.90 Å². The van der Waals surface area contributed by atoms with Crippen LogP contribution in [0.3, 0.4) is 0 Å². The van der Waals surface area contributed by atoms with E-state index in [4.69, 9.17) is 0 Å². The van der Waals surface area contributed by atoms with Crippen LogP contribution in [0.1, 0.15) is 13.3 Å². The molecule has 0 N–H and O–H groups in total. The van der Waals surface area contributed by atoms with Crippen molar-refractivity contribution in [1.29, 1.82) is 0 Å². The van der Waals surface area contributed by atoms with Gasteiger partial charge in [0.1, 0.15) is 11.0 Å². The summed E-state index contributed by atoms with van der Waals surface area (Å²) in [6.07, 6.45) is 4.32. The van der Waals surface area contributed by atoms with E-state index in [0.29, 0.717) is 0 Å². The van der Waals surface area contributed by atoms with E-state index in [0.717, 1.165) is 17.9 Å². The summed E-state index contributed by atoms with van der Waals surface area (Å²) in [5.74, 6) is 0. The Bertz CT molecular complexity index is 276. The fraction of sp³-hybridized carbons (Fsp3) is 0.444. The molecule has 0 bridgehead atoms. The van der Waals surface area contributed by atoms with E-state index in [2.05, 4.69) is 11.9 Å². The van der Waals surface area contributed by atoms with Gasteiger partial charge in [0.25, 0.3) is 0 Å². The molecule has 0 aliphatic heterocycles. The van der Waals surface area contributed by atoms with Gasteiger partial charge in [-0.2, -0.15) is 0 Å². The highest BCUT2D eigenvalue weighted by Crippen LogP contribution is 2.06. The third-order valence-electron chi connectivity index (χ3n) is 1.66. The predicted octanol–water partition coefficient (Wildman–Crippen LogP) is 1.45. The lowest BCUT2D eigenvalue weighted by atomic mass is 10.5. The topological polar surface area (TPSA) is 33.2 Å². The van der Waals surface area contributed by atoms with Crippen molar-refractivity contribution < 1.29 is 4.21 Å². The highest BCUT2D eigenvalue weighted by Gasteiger charge is 2.08. The second-order valence-electron chi connectivity index (χ2n) is 2.79. The summed E-state index contributed by atoms with van der Waals surface area (Å²) < 4.78 is 13.5. The van der Waals surface area contributed by atoms with Crippen LogP contribution < -0.4 is 0 Å². The molecule has 0 fully saturated rings. The van der Waals surface area contributed by atoms with Crippen molar-refractivity contribution in [2.45, 2.75) is 18.2 Å². The Labute approximate surface area is 81.4 Å². The molecule has 72 valence electrons. The maximum Gasteiger partial charge on any atom is 0.128 e. The fourth-order valence-electron chi connectivity index (χ4n) is 1.03. The minimum atomic E-state index is -1.06. The standard InChI is InChI=1S/C9H14N2OS/c1-3-7-11(2)13(12)9-5-4-6-10-8-9/h4-6,8H,3,7H2,1-2H3. The van der Waals surface area contributed by atoms with E-state index in [1.165, 1.54) is 0 Å². The molecule has 1 unspecified atom stereocenters. The van der Waals surface area contributed by atoms with Crippen molar-refractivity contribution in [3.05, 3.63) is 24.5 Å². The molecular formula is C9H14N2OS. The molecule has 0 amide bonds. The molecule has 4 heteroatoms. The molecule has 0 saturated carbocycles. The van der Waals surface area contributed by atoms with E-state index < -0.39 is 11.0 Å². The zero-order valence-corrected chi connectivity index (χ0v) is 8.75. The van der Waals surface area contributed by atoms with Crippen LogP contribution in [0.15, 0.2) is 29.4 Å². The molecule has 1 atom stereocenters.